The molecule has 4 N–H and O–H groups in total. The topological polar surface area (TPSA) is 141 Å². The highest BCUT2D eigenvalue weighted by Gasteiger charge is 2.20. The molecule has 1 aliphatic heterocycles. The summed E-state index contributed by atoms with van der Waals surface area (Å²) in [5, 5.41) is 33.3. The quantitative estimate of drug-likeness (QED) is 0.302. The second-order valence-electron chi connectivity index (χ2n) is 4.44. The van der Waals surface area contributed by atoms with Gasteiger partial charge in [-0.3, -0.25) is 0 Å². The van der Waals surface area contributed by atoms with Crippen molar-refractivity contribution < 1.29 is 39.5 Å². The lowest BCUT2D eigenvalue weighted by Crippen LogP contribution is -2.29. The average Bonchev–Trinajstić information content (AvgIpc) is 2.82. The summed E-state index contributed by atoms with van der Waals surface area (Å²) in [5.74, 6) is -2.09. The Bertz CT molecular complexity index is 370. The molecule has 0 unspecified atom stereocenters. The predicted octanol–water partition coefficient (Wildman–Crippen LogP) is -0.757. The molecule has 0 radical (unpaired) electrons. The number of carbonyl (C=O) groups excluding carboxylic acids is 2. The minimum absolute atomic E-state index is 0.176. The van der Waals surface area contributed by atoms with Crippen molar-refractivity contribution in [2.45, 2.75) is 13.8 Å². The maximum absolute atomic E-state index is 9.92. The second-order valence-corrected chi connectivity index (χ2v) is 4.44. The van der Waals surface area contributed by atoms with Gasteiger partial charge in [-0.25, -0.2) is 14.4 Å². The van der Waals surface area contributed by atoms with Crippen molar-refractivity contribution in [1.29, 1.82) is 0 Å². The molecule has 0 spiro atoms. The van der Waals surface area contributed by atoms with Crippen LogP contribution in [0.2, 0.25) is 0 Å². The van der Waals surface area contributed by atoms with E-state index in [1.165, 1.54) is 6.92 Å². The van der Waals surface area contributed by atoms with E-state index in [0.717, 1.165) is 12.2 Å². The van der Waals surface area contributed by atoms with Crippen LogP contribution in [0.5, 0.6) is 0 Å². The maximum Gasteiger partial charge on any atom is 0.338 e. The van der Waals surface area contributed by atoms with Gasteiger partial charge in [0, 0.05) is 23.1 Å². The van der Waals surface area contributed by atoms with E-state index in [9.17, 15) is 14.4 Å². The third-order valence-electron chi connectivity index (χ3n) is 2.07. The number of aliphatic hydroxyl groups is 3. The first-order valence-corrected chi connectivity index (χ1v) is 5.77. The number of aliphatic carboxylic acids is 1. The number of hydrogen-bond acceptors (Lipinski definition) is 7. The van der Waals surface area contributed by atoms with E-state index in [2.05, 4.69) is 11.3 Å². The third-order valence-corrected chi connectivity index (χ3v) is 2.07. The van der Waals surface area contributed by atoms with Crippen molar-refractivity contribution in [3.63, 3.8) is 0 Å². The van der Waals surface area contributed by atoms with Crippen LogP contribution in [0.25, 0.3) is 0 Å². The van der Waals surface area contributed by atoms with Gasteiger partial charge in [0.25, 0.3) is 0 Å². The zero-order valence-corrected chi connectivity index (χ0v) is 11.9. The highest BCUT2D eigenvalue weighted by Crippen LogP contribution is 2.10. The number of esters is 2. The van der Waals surface area contributed by atoms with Gasteiger partial charge in [0.05, 0.1) is 19.8 Å². The van der Waals surface area contributed by atoms with Crippen LogP contribution in [0, 0.1) is 5.41 Å². The minimum Gasteiger partial charge on any atom is -0.478 e. The van der Waals surface area contributed by atoms with Crippen molar-refractivity contribution >= 4 is 17.9 Å². The van der Waals surface area contributed by atoms with Crippen molar-refractivity contribution in [2.75, 3.05) is 19.8 Å². The fourth-order valence-electron chi connectivity index (χ4n) is 0.453. The van der Waals surface area contributed by atoms with Crippen LogP contribution in [0.4, 0.5) is 0 Å². The molecule has 0 fully saturated rings. The molecule has 0 saturated carbocycles. The molecular weight excluding hydrogens is 284 g/mol. The average molecular weight is 304 g/mol. The van der Waals surface area contributed by atoms with E-state index >= 15 is 0 Å². The molecule has 0 aromatic carbocycles. The molecule has 0 aliphatic carbocycles. The van der Waals surface area contributed by atoms with Crippen LogP contribution >= 0.6 is 0 Å². The summed E-state index contributed by atoms with van der Waals surface area (Å²) in [7, 11) is 0. The first-order chi connectivity index (χ1) is 9.61. The Morgan fingerprint density at radius 1 is 1.14 bits per heavy atom. The molecule has 21 heavy (non-hydrogen) atoms. The summed E-state index contributed by atoms with van der Waals surface area (Å²) in [5.41, 5.74) is -0.532. The van der Waals surface area contributed by atoms with Crippen molar-refractivity contribution in [3.05, 3.63) is 24.3 Å². The molecule has 1 rings (SSSR count). The zero-order valence-electron chi connectivity index (χ0n) is 11.9. The number of hydrogen-bond donors (Lipinski definition) is 4. The van der Waals surface area contributed by atoms with Gasteiger partial charge in [0.1, 0.15) is 0 Å². The SMILES string of the molecule is C=C(C)C(=O)O.CC(CO)(CO)CO.O=C1C=CC(=O)O1. The Hall–Kier alpha value is -2.03. The smallest absolute Gasteiger partial charge is 0.338 e. The molecule has 0 saturated heterocycles. The van der Waals surface area contributed by atoms with Gasteiger partial charge in [-0.15, -0.1) is 0 Å². The minimum atomic E-state index is -0.935. The molecule has 8 nitrogen and oxygen atoms in total. The van der Waals surface area contributed by atoms with Crippen LogP contribution in [0.15, 0.2) is 24.3 Å². The number of aliphatic hydroxyl groups excluding tert-OH is 3. The molecule has 0 bridgehead atoms. The summed E-state index contributed by atoms with van der Waals surface area (Å²) in [6, 6.07) is 0. The molecule has 1 aliphatic rings. The fourth-order valence-corrected chi connectivity index (χ4v) is 0.453. The van der Waals surface area contributed by atoms with E-state index in [1.54, 1.807) is 6.92 Å². The Kier molecular flexibility index (Phi) is 10.9. The molecule has 0 atom stereocenters. The lowest BCUT2D eigenvalue weighted by molar-refractivity contribution is -0.150. The van der Waals surface area contributed by atoms with Crippen LogP contribution in [-0.4, -0.2) is 58.2 Å². The Balaban J connectivity index is 0. The molecule has 1 heterocycles. The van der Waals surface area contributed by atoms with Gasteiger partial charge in [-0.1, -0.05) is 13.5 Å². The predicted molar refractivity (Wildman–Crippen MR) is 72.1 cm³/mol. The van der Waals surface area contributed by atoms with E-state index < -0.39 is 23.3 Å². The fraction of sp³-hybridized carbons (Fsp3) is 0.462. The molecule has 0 aromatic heterocycles. The van der Waals surface area contributed by atoms with Crippen molar-refractivity contribution in [1.82, 2.24) is 0 Å². The van der Waals surface area contributed by atoms with E-state index in [1.807, 2.05) is 0 Å². The van der Waals surface area contributed by atoms with Gasteiger partial charge >= 0.3 is 17.9 Å². The van der Waals surface area contributed by atoms with Gasteiger partial charge in [0.2, 0.25) is 0 Å². The first-order valence-electron chi connectivity index (χ1n) is 5.77. The number of cyclic esters (lactones) is 2. The van der Waals surface area contributed by atoms with Crippen LogP contribution in [-0.2, 0) is 19.1 Å². The maximum atomic E-state index is 9.92. The molecule has 0 aromatic rings. The summed E-state index contributed by atoms with van der Waals surface area (Å²) in [6.07, 6.45) is 2.17. The number of carboxylic acid groups (broad SMARTS) is 1. The largest absolute Gasteiger partial charge is 0.478 e. The van der Waals surface area contributed by atoms with E-state index in [-0.39, 0.29) is 25.4 Å². The normalized spacial score (nSPS) is 12.6. The van der Waals surface area contributed by atoms with Gasteiger partial charge < -0.3 is 25.2 Å². The van der Waals surface area contributed by atoms with Gasteiger partial charge in [0.15, 0.2) is 0 Å². The second kappa shape index (κ2) is 10.7. The molecule has 0 amide bonds. The number of ether oxygens (including phenoxy) is 1. The summed E-state index contributed by atoms with van der Waals surface area (Å²) < 4.78 is 3.97. The number of carbonyl (C=O) groups is 3. The highest BCUT2D eigenvalue weighted by atomic mass is 16.6. The summed E-state index contributed by atoms with van der Waals surface area (Å²) in [4.78, 5) is 29.4. The summed E-state index contributed by atoms with van der Waals surface area (Å²) >= 11 is 0. The lowest BCUT2D eigenvalue weighted by atomic mass is 9.95. The molecular formula is C13H20O8. The van der Waals surface area contributed by atoms with Crippen LogP contribution < -0.4 is 0 Å². The van der Waals surface area contributed by atoms with E-state index in [0.29, 0.717) is 0 Å². The third kappa shape index (κ3) is 11.5. The monoisotopic (exact) mass is 304 g/mol. The van der Waals surface area contributed by atoms with E-state index in [4.69, 9.17) is 20.4 Å². The van der Waals surface area contributed by atoms with Crippen LogP contribution in [0.3, 0.4) is 0 Å². The molecule has 120 valence electrons. The highest BCUT2D eigenvalue weighted by molar-refractivity contribution is 6.04. The standard InChI is InChI=1S/C5H12O3.C4H2O3.C4H6O2/c1-5(2-6,3-7)4-8;5-3-1-2-4(6)7-3;1-3(2)4(5)6/h6-8H,2-4H2,1H3;1-2H;1H2,2H3,(H,5,6). The lowest BCUT2D eigenvalue weighted by Gasteiger charge is -2.20. The van der Waals surface area contributed by atoms with Crippen molar-refractivity contribution in [3.8, 4) is 0 Å². The van der Waals surface area contributed by atoms with Crippen molar-refractivity contribution in [2.24, 2.45) is 5.41 Å². The Morgan fingerprint density at radius 2 is 1.43 bits per heavy atom. The Morgan fingerprint density at radius 3 is 1.48 bits per heavy atom. The summed E-state index contributed by atoms with van der Waals surface area (Å²) in [6.45, 7) is 5.66. The van der Waals surface area contributed by atoms with Crippen LogP contribution in [0.1, 0.15) is 13.8 Å². The molecule has 8 heteroatoms. The first kappa shape index (κ1) is 21.3. The van der Waals surface area contributed by atoms with Gasteiger partial charge in [-0.05, 0) is 6.92 Å². The number of rotatable bonds is 4. The Labute approximate surface area is 122 Å². The zero-order chi connectivity index (χ0) is 17.1. The number of carboxylic acids is 1. The van der Waals surface area contributed by atoms with Gasteiger partial charge in [-0.2, -0.15) is 0 Å².